The van der Waals surface area contributed by atoms with E-state index in [0.29, 0.717) is 13.1 Å². The van der Waals surface area contributed by atoms with Crippen molar-refractivity contribution in [2.24, 2.45) is 0 Å². The number of benzene rings is 1. The molecule has 17 heavy (non-hydrogen) atoms. The lowest BCUT2D eigenvalue weighted by atomic mass is 10.2. The Morgan fingerprint density at radius 2 is 1.94 bits per heavy atom. The second-order valence-corrected chi connectivity index (χ2v) is 5.58. The van der Waals surface area contributed by atoms with Crippen molar-refractivity contribution in [3.63, 3.8) is 0 Å². The molecule has 7 heteroatoms. The third-order valence-electron chi connectivity index (χ3n) is 2.04. The predicted octanol–water partition coefficient (Wildman–Crippen LogP) is 1.57. The standard InChI is InChI=1S/C10H15ClN2O2S.ClH/c1-8-3-4-10(9(11)7-8)16(14,15)13-6-5-12-2;/h3-4,7,12-13H,5-6H2,1-2H3;1H. The number of halogens is 2. The Morgan fingerprint density at radius 3 is 2.47 bits per heavy atom. The zero-order valence-electron chi connectivity index (χ0n) is 9.66. The topological polar surface area (TPSA) is 58.2 Å². The number of sulfonamides is 1. The Hall–Kier alpha value is -0.330. The predicted molar refractivity (Wildman–Crippen MR) is 72.6 cm³/mol. The molecule has 1 rings (SSSR count). The van der Waals surface area contributed by atoms with Crippen LogP contribution in [-0.2, 0) is 10.0 Å². The summed E-state index contributed by atoms with van der Waals surface area (Å²) in [5, 5.41) is 3.10. The minimum Gasteiger partial charge on any atom is -0.318 e. The second kappa shape index (κ2) is 7.18. The number of nitrogens with one attached hydrogen (secondary N) is 2. The van der Waals surface area contributed by atoms with E-state index < -0.39 is 10.0 Å². The lowest BCUT2D eigenvalue weighted by molar-refractivity contribution is 0.579. The van der Waals surface area contributed by atoms with E-state index in [4.69, 9.17) is 11.6 Å². The van der Waals surface area contributed by atoms with Gasteiger partial charge in [-0.2, -0.15) is 0 Å². The molecule has 0 aliphatic carbocycles. The first-order valence-corrected chi connectivity index (χ1v) is 6.74. The minimum atomic E-state index is -3.50. The summed E-state index contributed by atoms with van der Waals surface area (Å²) in [5.41, 5.74) is 0.930. The summed E-state index contributed by atoms with van der Waals surface area (Å²) in [5.74, 6) is 0. The fraction of sp³-hybridized carbons (Fsp3) is 0.400. The second-order valence-electron chi connectivity index (χ2n) is 3.44. The fourth-order valence-electron chi connectivity index (χ4n) is 1.21. The van der Waals surface area contributed by atoms with E-state index in [-0.39, 0.29) is 22.3 Å². The van der Waals surface area contributed by atoms with Gasteiger partial charge < -0.3 is 5.32 Å². The Labute approximate surface area is 113 Å². The van der Waals surface area contributed by atoms with Gasteiger partial charge in [0.15, 0.2) is 0 Å². The van der Waals surface area contributed by atoms with Crippen molar-refractivity contribution < 1.29 is 8.42 Å². The van der Waals surface area contributed by atoms with Crippen molar-refractivity contribution in [3.05, 3.63) is 28.8 Å². The summed E-state index contributed by atoms with van der Waals surface area (Å²) in [6.07, 6.45) is 0. The van der Waals surface area contributed by atoms with Crippen LogP contribution in [0.15, 0.2) is 23.1 Å². The smallest absolute Gasteiger partial charge is 0.242 e. The van der Waals surface area contributed by atoms with Crippen molar-refractivity contribution in [3.8, 4) is 0 Å². The third-order valence-corrected chi connectivity index (χ3v) is 3.99. The zero-order chi connectivity index (χ0) is 12.2. The zero-order valence-corrected chi connectivity index (χ0v) is 12.0. The fourth-order valence-corrected chi connectivity index (χ4v) is 2.84. The average Bonchev–Trinajstić information content (AvgIpc) is 2.17. The van der Waals surface area contributed by atoms with E-state index in [1.54, 1.807) is 19.2 Å². The molecule has 0 bridgehead atoms. The maximum atomic E-state index is 11.8. The van der Waals surface area contributed by atoms with E-state index in [1.807, 2.05) is 6.92 Å². The molecule has 2 N–H and O–H groups in total. The van der Waals surface area contributed by atoms with Crippen molar-refractivity contribution in [2.75, 3.05) is 20.1 Å². The summed E-state index contributed by atoms with van der Waals surface area (Å²) in [6, 6.07) is 4.87. The highest BCUT2D eigenvalue weighted by atomic mass is 35.5. The first-order valence-electron chi connectivity index (χ1n) is 4.88. The third kappa shape index (κ3) is 4.81. The number of hydrogen-bond acceptors (Lipinski definition) is 3. The van der Waals surface area contributed by atoms with Crippen LogP contribution in [0.3, 0.4) is 0 Å². The van der Waals surface area contributed by atoms with Crippen LogP contribution in [0.2, 0.25) is 5.02 Å². The van der Waals surface area contributed by atoms with E-state index in [1.165, 1.54) is 6.07 Å². The van der Waals surface area contributed by atoms with Crippen LogP contribution in [-0.4, -0.2) is 28.6 Å². The molecule has 0 fully saturated rings. The molecule has 0 aliphatic rings. The molecule has 0 amide bonds. The summed E-state index contributed by atoms with van der Waals surface area (Å²) in [7, 11) is -1.74. The quantitative estimate of drug-likeness (QED) is 0.811. The van der Waals surface area contributed by atoms with Gasteiger partial charge >= 0.3 is 0 Å². The van der Waals surface area contributed by atoms with Gasteiger partial charge in [0.2, 0.25) is 10.0 Å². The SMILES string of the molecule is CNCCNS(=O)(=O)c1ccc(C)cc1Cl.Cl. The molecule has 0 saturated heterocycles. The Balaban J connectivity index is 0.00000256. The normalized spacial score (nSPS) is 11.0. The van der Waals surface area contributed by atoms with Crippen LogP contribution in [0.1, 0.15) is 5.56 Å². The van der Waals surface area contributed by atoms with Gasteiger partial charge in [0.25, 0.3) is 0 Å². The van der Waals surface area contributed by atoms with Crippen molar-refractivity contribution >= 4 is 34.0 Å². The largest absolute Gasteiger partial charge is 0.318 e. The summed E-state index contributed by atoms with van der Waals surface area (Å²) < 4.78 is 26.1. The number of hydrogen-bond donors (Lipinski definition) is 2. The highest BCUT2D eigenvalue weighted by Gasteiger charge is 2.16. The first-order chi connectivity index (χ1) is 7.47. The van der Waals surface area contributed by atoms with Crippen LogP contribution in [0, 0.1) is 6.92 Å². The van der Waals surface area contributed by atoms with Gasteiger partial charge in [-0.15, -0.1) is 12.4 Å². The molecule has 0 heterocycles. The first kappa shape index (κ1) is 16.7. The molecule has 0 atom stereocenters. The highest BCUT2D eigenvalue weighted by Crippen LogP contribution is 2.21. The van der Waals surface area contributed by atoms with Gasteiger partial charge in [-0.1, -0.05) is 17.7 Å². The van der Waals surface area contributed by atoms with Crippen LogP contribution in [0.4, 0.5) is 0 Å². The van der Waals surface area contributed by atoms with Crippen LogP contribution < -0.4 is 10.0 Å². The number of aryl methyl sites for hydroxylation is 1. The molecule has 0 spiro atoms. The van der Waals surface area contributed by atoms with Crippen molar-refractivity contribution in [1.82, 2.24) is 10.0 Å². The van der Waals surface area contributed by atoms with Gasteiger partial charge in [0, 0.05) is 13.1 Å². The minimum absolute atomic E-state index is 0. The number of rotatable bonds is 5. The Kier molecular flexibility index (Phi) is 7.04. The van der Waals surface area contributed by atoms with E-state index in [9.17, 15) is 8.42 Å². The molecule has 0 aliphatic heterocycles. The molecule has 0 aromatic heterocycles. The van der Waals surface area contributed by atoms with Crippen LogP contribution >= 0.6 is 24.0 Å². The monoisotopic (exact) mass is 298 g/mol. The molecule has 1 aromatic rings. The van der Waals surface area contributed by atoms with E-state index in [0.717, 1.165) is 5.56 Å². The van der Waals surface area contributed by atoms with E-state index in [2.05, 4.69) is 10.0 Å². The molecule has 0 unspecified atom stereocenters. The Bertz CT molecular complexity index is 463. The molecular weight excluding hydrogens is 283 g/mol. The summed E-state index contributed by atoms with van der Waals surface area (Å²) in [4.78, 5) is 0.121. The molecule has 4 nitrogen and oxygen atoms in total. The molecule has 1 aromatic carbocycles. The lowest BCUT2D eigenvalue weighted by Gasteiger charge is -2.08. The van der Waals surface area contributed by atoms with Gasteiger partial charge in [-0.25, -0.2) is 13.1 Å². The van der Waals surface area contributed by atoms with E-state index >= 15 is 0 Å². The summed E-state index contributed by atoms with van der Waals surface area (Å²) in [6.45, 7) is 2.77. The highest BCUT2D eigenvalue weighted by molar-refractivity contribution is 7.89. The molecular formula is C10H16Cl2N2O2S. The van der Waals surface area contributed by atoms with Gasteiger partial charge in [0.1, 0.15) is 4.90 Å². The molecule has 98 valence electrons. The van der Waals surface area contributed by atoms with Crippen molar-refractivity contribution in [2.45, 2.75) is 11.8 Å². The Morgan fingerprint density at radius 1 is 1.29 bits per heavy atom. The van der Waals surface area contributed by atoms with Crippen LogP contribution in [0.5, 0.6) is 0 Å². The average molecular weight is 299 g/mol. The molecule has 0 saturated carbocycles. The van der Waals surface area contributed by atoms with Gasteiger partial charge in [-0.3, -0.25) is 0 Å². The van der Waals surface area contributed by atoms with Gasteiger partial charge in [0.05, 0.1) is 5.02 Å². The maximum absolute atomic E-state index is 11.8. The molecule has 0 radical (unpaired) electrons. The van der Waals surface area contributed by atoms with Gasteiger partial charge in [-0.05, 0) is 31.7 Å². The maximum Gasteiger partial charge on any atom is 0.242 e. The lowest BCUT2D eigenvalue weighted by Crippen LogP contribution is -2.30. The number of likely N-dealkylation sites (N-methyl/N-ethyl adjacent to an activating group) is 1. The van der Waals surface area contributed by atoms with Crippen molar-refractivity contribution in [1.29, 1.82) is 0 Å². The van der Waals surface area contributed by atoms with Crippen LogP contribution in [0.25, 0.3) is 0 Å². The summed E-state index contributed by atoms with van der Waals surface area (Å²) >= 11 is 5.89.